The molecule has 162 valence electrons. The molecule has 31 heavy (non-hydrogen) atoms. The molecule has 0 bridgehead atoms. The van der Waals surface area contributed by atoms with Gasteiger partial charge in [0, 0.05) is 24.6 Å². The molecule has 6 heteroatoms. The zero-order valence-corrected chi connectivity index (χ0v) is 18.4. The Labute approximate surface area is 184 Å². The number of carbonyl (C=O) groups is 1. The van der Waals surface area contributed by atoms with Gasteiger partial charge in [-0.1, -0.05) is 72.8 Å². The lowest BCUT2D eigenvalue weighted by atomic mass is 9.88. The van der Waals surface area contributed by atoms with E-state index in [1.54, 1.807) is 12.1 Å². The Morgan fingerprint density at radius 1 is 0.806 bits per heavy atom. The number of rotatable bonds is 10. The molecule has 0 saturated carbocycles. The fourth-order valence-electron chi connectivity index (χ4n) is 3.53. The maximum absolute atomic E-state index is 12.6. The second kappa shape index (κ2) is 10.9. The van der Waals surface area contributed by atoms with Crippen LogP contribution >= 0.6 is 0 Å². The molecule has 5 nitrogen and oxygen atoms in total. The maximum atomic E-state index is 12.6. The Kier molecular flexibility index (Phi) is 7.98. The average molecular weight is 437 g/mol. The summed E-state index contributed by atoms with van der Waals surface area (Å²) in [6, 6.07) is 27.9. The number of hydrogen-bond donors (Lipinski definition) is 2. The smallest absolute Gasteiger partial charge is 0.251 e. The first-order valence-electron chi connectivity index (χ1n) is 10.3. The van der Waals surface area contributed by atoms with Gasteiger partial charge in [0.15, 0.2) is 0 Å². The molecule has 0 aliphatic rings. The van der Waals surface area contributed by atoms with Gasteiger partial charge in [0.05, 0.1) is 6.26 Å². The van der Waals surface area contributed by atoms with Gasteiger partial charge in [0.25, 0.3) is 5.91 Å². The fourth-order valence-corrected chi connectivity index (χ4v) is 4.00. The normalized spacial score (nSPS) is 11.4. The van der Waals surface area contributed by atoms with Crippen molar-refractivity contribution in [1.82, 2.24) is 10.0 Å². The highest BCUT2D eigenvalue weighted by molar-refractivity contribution is 7.88. The predicted octanol–water partition coefficient (Wildman–Crippen LogP) is 3.73. The standard InChI is InChI=1S/C25H28N2O3S/c1-31(29,30)27-19-16-20-12-14-23(15-13-20)25(28)26-18-17-24(21-8-4-2-5-9-21)22-10-6-3-7-11-22/h2-15,24,27H,16-19H2,1H3,(H,26,28). The van der Waals surface area contributed by atoms with E-state index in [-0.39, 0.29) is 11.8 Å². The summed E-state index contributed by atoms with van der Waals surface area (Å²) in [6.07, 6.45) is 2.51. The molecule has 0 saturated heterocycles. The molecule has 0 radical (unpaired) electrons. The van der Waals surface area contributed by atoms with E-state index in [9.17, 15) is 13.2 Å². The lowest BCUT2D eigenvalue weighted by Gasteiger charge is -2.18. The molecule has 0 aliphatic carbocycles. The van der Waals surface area contributed by atoms with Gasteiger partial charge in [-0.3, -0.25) is 4.79 Å². The Morgan fingerprint density at radius 3 is 1.87 bits per heavy atom. The van der Waals surface area contributed by atoms with E-state index in [1.807, 2.05) is 48.5 Å². The van der Waals surface area contributed by atoms with Crippen molar-refractivity contribution in [3.05, 3.63) is 107 Å². The van der Waals surface area contributed by atoms with Crippen LogP contribution in [0.5, 0.6) is 0 Å². The zero-order valence-electron chi connectivity index (χ0n) is 17.6. The first-order chi connectivity index (χ1) is 14.9. The highest BCUT2D eigenvalue weighted by Crippen LogP contribution is 2.27. The van der Waals surface area contributed by atoms with Crippen LogP contribution in [-0.4, -0.2) is 33.7 Å². The van der Waals surface area contributed by atoms with Crippen molar-refractivity contribution in [1.29, 1.82) is 0 Å². The molecule has 0 aliphatic heterocycles. The van der Waals surface area contributed by atoms with Crippen molar-refractivity contribution in [2.24, 2.45) is 0 Å². The molecule has 0 spiro atoms. The fraction of sp³-hybridized carbons (Fsp3) is 0.240. The minimum absolute atomic E-state index is 0.110. The average Bonchev–Trinajstić information content (AvgIpc) is 2.77. The van der Waals surface area contributed by atoms with Crippen molar-refractivity contribution in [2.75, 3.05) is 19.3 Å². The van der Waals surface area contributed by atoms with Gasteiger partial charge in [0.1, 0.15) is 0 Å². The lowest BCUT2D eigenvalue weighted by Crippen LogP contribution is -2.26. The lowest BCUT2D eigenvalue weighted by molar-refractivity contribution is 0.0952. The quantitative estimate of drug-likeness (QED) is 0.509. The summed E-state index contributed by atoms with van der Waals surface area (Å²) >= 11 is 0. The largest absolute Gasteiger partial charge is 0.352 e. The molecule has 0 aromatic heterocycles. The molecule has 3 aromatic rings. The Morgan fingerprint density at radius 2 is 1.35 bits per heavy atom. The van der Waals surface area contributed by atoms with E-state index >= 15 is 0 Å². The van der Waals surface area contributed by atoms with Gasteiger partial charge in [-0.15, -0.1) is 0 Å². The van der Waals surface area contributed by atoms with Crippen LogP contribution in [0.1, 0.15) is 39.4 Å². The minimum atomic E-state index is -3.19. The van der Waals surface area contributed by atoms with Crippen LogP contribution in [0.4, 0.5) is 0 Å². The highest BCUT2D eigenvalue weighted by Gasteiger charge is 2.14. The summed E-state index contributed by atoms with van der Waals surface area (Å²) in [5, 5.41) is 3.02. The SMILES string of the molecule is CS(=O)(=O)NCCc1ccc(C(=O)NCCC(c2ccccc2)c2ccccc2)cc1. The van der Waals surface area contributed by atoms with E-state index in [1.165, 1.54) is 11.1 Å². The van der Waals surface area contributed by atoms with E-state index < -0.39 is 10.0 Å². The van der Waals surface area contributed by atoms with Crippen LogP contribution < -0.4 is 10.0 Å². The summed E-state index contributed by atoms with van der Waals surface area (Å²) in [5.41, 5.74) is 4.03. The molecule has 0 heterocycles. The van der Waals surface area contributed by atoms with Crippen LogP contribution in [0.2, 0.25) is 0 Å². The number of amides is 1. The monoisotopic (exact) mass is 436 g/mol. The third kappa shape index (κ3) is 7.35. The van der Waals surface area contributed by atoms with Gasteiger partial charge in [-0.25, -0.2) is 13.1 Å². The van der Waals surface area contributed by atoms with Crippen molar-refractivity contribution in [2.45, 2.75) is 18.8 Å². The topological polar surface area (TPSA) is 75.3 Å². The third-order valence-electron chi connectivity index (χ3n) is 5.12. The first-order valence-corrected chi connectivity index (χ1v) is 12.2. The Bertz CT molecular complexity index is 1030. The number of sulfonamides is 1. The molecule has 0 fully saturated rings. The number of carbonyl (C=O) groups excluding carboxylic acids is 1. The van der Waals surface area contributed by atoms with E-state index in [4.69, 9.17) is 0 Å². The molecular formula is C25H28N2O3S. The van der Waals surface area contributed by atoms with Crippen molar-refractivity contribution < 1.29 is 13.2 Å². The molecule has 3 aromatic carbocycles. The summed E-state index contributed by atoms with van der Waals surface area (Å²) in [5.74, 6) is 0.105. The second-order valence-corrected chi connectivity index (χ2v) is 9.36. The van der Waals surface area contributed by atoms with Gasteiger partial charge in [0.2, 0.25) is 10.0 Å². The first kappa shape index (κ1) is 22.7. The summed E-state index contributed by atoms with van der Waals surface area (Å²) in [7, 11) is -3.19. The van der Waals surface area contributed by atoms with Crippen LogP contribution in [0.15, 0.2) is 84.9 Å². The number of benzene rings is 3. The minimum Gasteiger partial charge on any atom is -0.352 e. The van der Waals surface area contributed by atoms with Crippen molar-refractivity contribution in [3.63, 3.8) is 0 Å². The van der Waals surface area contributed by atoms with Crippen LogP contribution in [0.25, 0.3) is 0 Å². The molecule has 2 N–H and O–H groups in total. The van der Waals surface area contributed by atoms with Crippen molar-refractivity contribution in [3.8, 4) is 0 Å². The zero-order chi connectivity index (χ0) is 22.1. The van der Waals surface area contributed by atoms with Crippen LogP contribution in [0.3, 0.4) is 0 Å². The predicted molar refractivity (Wildman–Crippen MR) is 125 cm³/mol. The molecule has 1 amide bonds. The number of nitrogens with one attached hydrogen (secondary N) is 2. The van der Waals surface area contributed by atoms with Crippen molar-refractivity contribution >= 4 is 15.9 Å². The van der Waals surface area contributed by atoms with Crippen LogP contribution in [0, 0.1) is 0 Å². The van der Waals surface area contributed by atoms with Gasteiger partial charge >= 0.3 is 0 Å². The van der Waals surface area contributed by atoms with Gasteiger partial charge in [-0.05, 0) is 41.7 Å². The highest BCUT2D eigenvalue weighted by atomic mass is 32.2. The Balaban J connectivity index is 1.55. The van der Waals surface area contributed by atoms with Gasteiger partial charge < -0.3 is 5.32 Å². The Hall–Kier alpha value is -2.96. The summed E-state index contributed by atoms with van der Waals surface area (Å²) in [4.78, 5) is 12.6. The van der Waals surface area contributed by atoms with Crippen LogP contribution in [-0.2, 0) is 16.4 Å². The van der Waals surface area contributed by atoms with Gasteiger partial charge in [-0.2, -0.15) is 0 Å². The molecular weight excluding hydrogens is 408 g/mol. The second-order valence-electron chi connectivity index (χ2n) is 7.53. The maximum Gasteiger partial charge on any atom is 0.251 e. The van der Waals surface area contributed by atoms with E-state index in [0.717, 1.165) is 18.2 Å². The number of hydrogen-bond acceptors (Lipinski definition) is 3. The van der Waals surface area contributed by atoms with E-state index in [0.29, 0.717) is 25.1 Å². The van der Waals surface area contributed by atoms with E-state index in [2.05, 4.69) is 34.3 Å². The molecule has 0 atom stereocenters. The summed E-state index contributed by atoms with van der Waals surface area (Å²) in [6.45, 7) is 0.901. The third-order valence-corrected chi connectivity index (χ3v) is 5.85. The summed E-state index contributed by atoms with van der Waals surface area (Å²) < 4.78 is 24.7. The molecule has 3 rings (SSSR count). The molecule has 0 unspecified atom stereocenters.